The minimum absolute atomic E-state index is 1.05. The molecular weight excluding hydrogens is 144 g/mol. The van der Waals surface area contributed by atoms with Crippen LogP contribution in [0, 0.1) is 0 Å². The summed E-state index contributed by atoms with van der Waals surface area (Å²) in [6.45, 7) is 0. The predicted molar refractivity (Wildman–Crippen MR) is 55.0 cm³/mol. The molecule has 64 valence electrons. The van der Waals surface area contributed by atoms with Crippen LogP contribution in [0.2, 0.25) is 0 Å². The third-order valence-corrected chi connectivity index (χ3v) is 1.76. The van der Waals surface area contributed by atoms with E-state index in [9.17, 15) is 0 Å². The van der Waals surface area contributed by atoms with Crippen LogP contribution in [-0.4, -0.2) is 0 Å². The van der Waals surface area contributed by atoms with Crippen molar-refractivity contribution in [3.63, 3.8) is 0 Å². The molecule has 0 aromatic carbocycles. The molecule has 0 nitrogen and oxygen atoms in total. The summed E-state index contributed by atoms with van der Waals surface area (Å²) in [5.74, 6) is 0. The minimum Gasteiger partial charge on any atom is -0.0879 e. The van der Waals surface area contributed by atoms with Crippen LogP contribution in [0.3, 0.4) is 0 Å². The zero-order valence-corrected chi connectivity index (χ0v) is 7.45. The van der Waals surface area contributed by atoms with Gasteiger partial charge in [0.2, 0.25) is 0 Å². The summed E-state index contributed by atoms with van der Waals surface area (Å²) in [5.41, 5.74) is 0. The lowest BCUT2D eigenvalue weighted by Gasteiger charge is -1.88. The van der Waals surface area contributed by atoms with Gasteiger partial charge in [0.05, 0.1) is 0 Å². The largest absolute Gasteiger partial charge is 0.0879 e. The Bertz CT molecular complexity index is 204. The maximum absolute atomic E-state index is 2.25. The Balaban J connectivity index is 2.41. The third-order valence-electron chi connectivity index (χ3n) is 1.76. The Kier molecular flexibility index (Phi) is 5.02. The van der Waals surface area contributed by atoms with E-state index in [0.29, 0.717) is 0 Å². The summed E-state index contributed by atoms with van der Waals surface area (Å²) in [6, 6.07) is 0. The highest BCUT2D eigenvalue weighted by atomic mass is 13.8. The molecule has 0 aromatic rings. The van der Waals surface area contributed by atoms with Gasteiger partial charge in [0.15, 0.2) is 0 Å². The van der Waals surface area contributed by atoms with E-state index in [1.165, 1.54) is 0 Å². The first-order valence-corrected chi connectivity index (χ1v) is 4.62. The minimum atomic E-state index is 1.05. The lowest BCUT2D eigenvalue weighted by Crippen LogP contribution is -1.67. The van der Waals surface area contributed by atoms with Crippen molar-refractivity contribution in [2.75, 3.05) is 0 Å². The van der Waals surface area contributed by atoms with Crippen LogP contribution >= 0.6 is 0 Å². The SMILES string of the molecule is C1=C\CC/C=C\C/C=C/C/C=C/1. The summed E-state index contributed by atoms with van der Waals surface area (Å²) in [5, 5.41) is 0. The van der Waals surface area contributed by atoms with Crippen LogP contribution in [0.1, 0.15) is 25.7 Å². The summed E-state index contributed by atoms with van der Waals surface area (Å²) >= 11 is 0. The van der Waals surface area contributed by atoms with Gasteiger partial charge in [-0.15, -0.1) is 0 Å². The van der Waals surface area contributed by atoms with E-state index in [2.05, 4.69) is 48.6 Å². The maximum atomic E-state index is 2.25. The van der Waals surface area contributed by atoms with Crippen molar-refractivity contribution in [3.05, 3.63) is 48.6 Å². The normalized spacial score (nSPS) is 29.3. The van der Waals surface area contributed by atoms with Crippen molar-refractivity contribution in [2.24, 2.45) is 0 Å². The lowest BCUT2D eigenvalue weighted by molar-refractivity contribution is 1.04. The van der Waals surface area contributed by atoms with Gasteiger partial charge in [-0.25, -0.2) is 0 Å². The van der Waals surface area contributed by atoms with Gasteiger partial charge in [-0.05, 0) is 25.7 Å². The number of allylic oxidation sites excluding steroid dienone is 8. The van der Waals surface area contributed by atoms with Crippen molar-refractivity contribution in [1.29, 1.82) is 0 Å². The maximum Gasteiger partial charge on any atom is -0.0166 e. The quantitative estimate of drug-likeness (QED) is 0.473. The standard InChI is InChI=1S/C12H16/c1-2-4-6-8-10-12-11-9-7-5-3-1/h1-4,7,9-10,12H,5-6,8,11H2/b3-1+,4-2-,9-7+,12-10-. The van der Waals surface area contributed by atoms with Crippen LogP contribution in [0.4, 0.5) is 0 Å². The van der Waals surface area contributed by atoms with Crippen molar-refractivity contribution in [3.8, 4) is 0 Å². The molecule has 1 rings (SSSR count). The number of rotatable bonds is 0. The van der Waals surface area contributed by atoms with Gasteiger partial charge in [0.1, 0.15) is 0 Å². The molecular formula is C12H16. The first-order chi connectivity index (χ1) is 6.00. The Morgan fingerprint density at radius 2 is 1.08 bits per heavy atom. The van der Waals surface area contributed by atoms with Gasteiger partial charge < -0.3 is 0 Å². The molecule has 0 heterocycles. The Morgan fingerprint density at radius 1 is 0.500 bits per heavy atom. The Labute approximate surface area is 75.0 Å². The van der Waals surface area contributed by atoms with E-state index in [1.54, 1.807) is 0 Å². The average Bonchev–Trinajstić information content (AvgIpc) is 2.05. The molecule has 0 saturated carbocycles. The second-order valence-corrected chi connectivity index (χ2v) is 2.85. The molecule has 0 saturated heterocycles. The predicted octanol–water partition coefficient (Wildman–Crippen LogP) is 3.79. The highest BCUT2D eigenvalue weighted by Gasteiger charge is 1.77. The zero-order chi connectivity index (χ0) is 8.49. The first-order valence-electron chi connectivity index (χ1n) is 4.62. The van der Waals surface area contributed by atoms with Gasteiger partial charge in [-0.2, -0.15) is 0 Å². The first kappa shape index (κ1) is 9.05. The smallest absolute Gasteiger partial charge is 0.0166 e. The van der Waals surface area contributed by atoms with E-state index in [4.69, 9.17) is 0 Å². The topological polar surface area (TPSA) is 0 Å². The van der Waals surface area contributed by atoms with E-state index >= 15 is 0 Å². The van der Waals surface area contributed by atoms with Crippen molar-refractivity contribution in [1.82, 2.24) is 0 Å². The monoisotopic (exact) mass is 160 g/mol. The summed E-state index contributed by atoms with van der Waals surface area (Å²) in [6.07, 6.45) is 22.0. The lowest BCUT2D eigenvalue weighted by atomic mass is 10.2. The van der Waals surface area contributed by atoms with Crippen LogP contribution in [0.15, 0.2) is 48.6 Å². The number of hydrogen-bond donors (Lipinski definition) is 0. The molecule has 0 atom stereocenters. The fraction of sp³-hybridized carbons (Fsp3) is 0.333. The van der Waals surface area contributed by atoms with Gasteiger partial charge in [0, 0.05) is 0 Å². The van der Waals surface area contributed by atoms with Crippen molar-refractivity contribution >= 4 is 0 Å². The molecule has 0 N–H and O–H groups in total. The molecule has 0 aliphatic heterocycles. The molecule has 12 heavy (non-hydrogen) atoms. The highest BCUT2D eigenvalue weighted by Crippen LogP contribution is 1.98. The fourth-order valence-electron chi connectivity index (χ4n) is 1.09. The fourth-order valence-corrected chi connectivity index (χ4v) is 1.09. The van der Waals surface area contributed by atoms with Crippen LogP contribution in [-0.2, 0) is 0 Å². The number of hydrogen-bond acceptors (Lipinski definition) is 0. The zero-order valence-electron chi connectivity index (χ0n) is 7.45. The molecule has 0 fully saturated rings. The molecule has 0 unspecified atom stereocenters. The van der Waals surface area contributed by atoms with Crippen LogP contribution < -0.4 is 0 Å². The highest BCUT2D eigenvalue weighted by molar-refractivity contribution is 5.06. The van der Waals surface area contributed by atoms with Crippen molar-refractivity contribution in [2.45, 2.75) is 25.7 Å². The van der Waals surface area contributed by atoms with Gasteiger partial charge >= 0.3 is 0 Å². The molecule has 0 heteroatoms. The second kappa shape index (κ2) is 6.66. The summed E-state index contributed by atoms with van der Waals surface area (Å²) < 4.78 is 0. The van der Waals surface area contributed by atoms with Crippen molar-refractivity contribution < 1.29 is 0 Å². The molecule has 0 radical (unpaired) electrons. The van der Waals surface area contributed by atoms with E-state index < -0.39 is 0 Å². The molecule has 0 aromatic heterocycles. The summed E-state index contributed by atoms with van der Waals surface area (Å²) in [7, 11) is 0. The van der Waals surface area contributed by atoms with Gasteiger partial charge in [-0.1, -0.05) is 48.6 Å². The Hall–Kier alpha value is -1.04. The van der Waals surface area contributed by atoms with Crippen LogP contribution in [0.25, 0.3) is 0 Å². The van der Waals surface area contributed by atoms with Gasteiger partial charge in [-0.3, -0.25) is 0 Å². The Morgan fingerprint density at radius 3 is 2.00 bits per heavy atom. The average molecular weight is 160 g/mol. The van der Waals surface area contributed by atoms with E-state index in [1.807, 2.05) is 0 Å². The van der Waals surface area contributed by atoms with Gasteiger partial charge in [0.25, 0.3) is 0 Å². The third kappa shape index (κ3) is 4.73. The summed E-state index contributed by atoms with van der Waals surface area (Å²) in [4.78, 5) is 0. The molecule has 1 aliphatic rings. The molecule has 0 spiro atoms. The van der Waals surface area contributed by atoms with Crippen LogP contribution in [0.5, 0.6) is 0 Å². The second-order valence-electron chi connectivity index (χ2n) is 2.85. The van der Waals surface area contributed by atoms with E-state index in [0.717, 1.165) is 25.7 Å². The molecule has 0 amide bonds. The molecule has 0 bridgehead atoms. The van der Waals surface area contributed by atoms with E-state index in [-0.39, 0.29) is 0 Å². The molecule has 1 aliphatic carbocycles.